The molecule has 1 fully saturated rings. The van der Waals surface area contributed by atoms with E-state index >= 15 is 0 Å². The molecular formula is C22H19F2NO3. The summed E-state index contributed by atoms with van der Waals surface area (Å²) in [4.78, 5) is 23.8. The van der Waals surface area contributed by atoms with E-state index in [1.54, 1.807) is 19.1 Å². The third-order valence-electron chi connectivity index (χ3n) is 4.43. The lowest BCUT2D eigenvalue weighted by molar-refractivity contribution is -0.139. The molecule has 1 atom stereocenters. The molecule has 0 bridgehead atoms. The highest BCUT2D eigenvalue weighted by molar-refractivity contribution is 5.96. The van der Waals surface area contributed by atoms with Crippen molar-refractivity contribution in [3.05, 3.63) is 70.3 Å². The number of carbonyl (C=O) groups is 2. The molecule has 6 heteroatoms. The van der Waals surface area contributed by atoms with E-state index < -0.39 is 29.6 Å². The first-order valence-electron chi connectivity index (χ1n) is 8.93. The van der Waals surface area contributed by atoms with Gasteiger partial charge >= 0.3 is 5.97 Å². The van der Waals surface area contributed by atoms with Gasteiger partial charge in [-0.25, -0.2) is 13.6 Å². The summed E-state index contributed by atoms with van der Waals surface area (Å²) in [5, 5.41) is 11.7. The zero-order chi connectivity index (χ0) is 20.3. The number of hydrogen-bond donors (Lipinski definition) is 2. The van der Waals surface area contributed by atoms with Gasteiger partial charge in [-0.2, -0.15) is 0 Å². The molecule has 2 N–H and O–H groups in total. The molecule has 0 aromatic heterocycles. The van der Waals surface area contributed by atoms with Gasteiger partial charge in [-0.3, -0.25) is 4.79 Å². The molecule has 0 heterocycles. The largest absolute Gasteiger partial charge is 0.480 e. The van der Waals surface area contributed by atoms with E-state index in [-0.39, 0.29) is 17.5 Å². The number of hydrogen-bond acceptors (Lipinski definition) is 2. The molecule has 3 rings (SSSR count). The zero-order valence-corrected chi connectivity index (χ0v) is 15.3. The normalized spacial score (nSPS) is 14.0. The minimum absolute atomic E-state index is 0.137. The first kappa shape index (κ1) is 19.6. The maximum atomic E-state index is 14.2. The van der Waals surface area contributed by atoms with Crippen LogP contribution in [0.15, 0.2) is 36.4 Å². The molecule has 1 saturated carbocycles. The summed E-state index contributed by atoms with van der Waals surface area (Å²) in [7, 11) is 0. The predicted octanol–water partition coefficient (Wildman–Crippen LogP) is 3.46. The molecule has 28 heavy (non-hydrogen) atoms. The molecule has 0 spiro atoms. The molecule has 1 aliphatic rings. The standard InChI is InChI=1S/C22H19F2NO3/c1-13-2-9-17(19(24)10-13)21(26)25-20(22(27)28)12-15-6-8-16(18(23)11-15)7-5-14-3-4-14/h2,6,8-11,14,20H,3-4,12H2,1H3,(H,25,26)(H,27,28)/t20-/m1/s1. The van der Waals surface area contributed by atoms with Crippen molar-refractivity contribution in [1.82, 2.24) is 5.32 Å². The number of aryl methyl sites for hydroxylation is 1. The molecule has 2 aromatic carbocycles. The summed E-state index contributed by atoms with van der Waals surface area (Å²) in [6.45, 7) is 1.68. The van der Waals surface area contributed by atoms with Gasteiger partial charge in [0.1, 0.15) is 17.7 Å². The number of carboxylic acid groups (broad SMARTS) is 1. The molecule has 0 aliphatic heterocycles. The van der Waals surface area contributed by atoms with Crippen LogP contribution in [0.4, 0.5) is 8.78 Å². The highest BCUT2D eigenvalue weighted by Crippen LogP contribution is 2.27. The van der Waals surface area contributed by atoms with Crippen LogP contribution >= 0.6 is 0 Å². The highest BCUT2D eigenvalue weighted by Gasteiger charge is 2.23. The maximum Gasteiger partial charge on any atom is 0.326 e. The second-order valence-electron chi connectivity index (χ2n) is 6.91. The Kier molecular flexibility index (Phi) is 5.74. The summed E-state index contributed by atoms with van der Waals surface area (Å²) in [5.41, 5.74) is 1.05. The molecule has 2 aromatic rings. The Labute approximate surface area is 161 Å². The zero-order valence-electron chi connectivity index (χ0n) is 15.3. The minimum Gasteiger partial charge on any atom is -0.480 e. The predicted molar refractivity (Wildman–Crippen MR) is 99.7 cm³/mol. The quantitative estimate of drug-likeness (QED) is 0.777. The summed E-state index contributed by atoms with van der Waals surface area (Å²) in [6, 6.07) is 7.02. The highest BCUT2D eigenvalue weighted by atomic mass is 19.1. The summed E-state index contributed by atoms with van der Waals surface area (Å²) in [6.07, 6.45) is 1.93. The van der Waals surface area contributed by atoms with E-state index in [0.29, 0.717) is 17.0 Å². The second-order valence-corrected chi connectivity index (χ2v) is 6.91. The third-order valence-corrected chi connectivity index (χ3v) is 4.43. The van der Waals surface area contributed by atoms with Gasteiger partial charge in [0.25, 0.3) is 5.91 Å². The smallest absolute Gasteiger partial charge is 0.326 e. The van der Waals surface area contributed by atoms with Gasteiger partial charge in [-0.1, -0.05) is 24.0 Å². The molecule has 0 saturated heterocycles. The Bertz CT molecular complexity index is 987. The fourth-order valence-corrected chi connectivity index (χ4v) is 2.67. The van der Waals surface area contributed by atoms with Crippen LogP contribution in [0.1, 0.15) is 39.9 Å². The summed E-state index contributed by atoms with van der Waals surface area (Å²) < 4.78 is 28.1. The Morgan fingerprint density at radius 3 is 2.54 bits per heavy atom. The first-order valence-corrected chi connectivity index (χ1v) is 8.93. The van der Waals surface area contributed by atoms with Crippen molar-refractivity contribution in [1.29, 1.82) is 0 Å². The van der Waals surface area contributed by atoms with Crippen LogP contribution in [0.3, 0.4) is 0 Å². The van der Waals surface area contributed by atoms with Crippen molar-refractivity contribution >= 4 is 11.9 Å². The minimum atomic E-state index is -1.32. The fraction of sp³-hybridized carbons (Fsp3) is 0.273. The summed E-state index contributed by atoms with van der Waals surface area (Å²) in [5.74, 6) is 2.70. The van der Waals surface area contributed by atoms with Gasteiger partial charge in [-0.15, -0.1) is 0 Å². The van der Waals surface area contributed by atoms with Crippen LogP contribution in [0.5, 0.6) is 0 Å². The fourth-order valence-electron chi connectivity index (χ4n) is 2.67. The van der Waals surface area contributed by atoms with E-state index in [1.165, 1.54) is 24.3 Å². The van der Waals surface area contributed by atoms with Gasteiger partial charge in [0.05, 0.1) is 11.1 Å². The lowest BCUT2D eigenvalue weighted by atomic mass is 10.0. The Balaban J connectivity index is 1.72. The number of carbonyl (C=O) groups excluding carboxylic acids is 1. The van der Waals surface area contributed by atoms with Crippen LogP contribution < -0.4 is 5.32 Å². The average molecular weight is 383 g/mol. The Morgan fingerprint density at radius 1 is 1.18 bits per heavy atom. The van der Waals surface area contributed by atoms with Crippen molar-refractivity contribution in [2.45, 2.75) is 32.2 Å². The monoisotopic (exact) mass is 383 g/mol. The van der Waals surface area contributed by atoms with Gasteiger partial charge in [0.15, 0.2) is 0 Å². The van der Waals surface area contributed by atoms with Crippen molar-refractivity contribution < 1.29 is 23.5 Å². The van der Waals surface area contributed by atoms with Crippen molar-refractivity contribution in [3.8, 4) is 11.8 Å². The number of rotatable bonds is 5. The number of halogens is 2. The topological polar surface area (TPSA) is 66.4 Å². The first-order chi connectivity index (χ1) is 13.3. The Hall–Kier alpha value is -3.20. The van der Waals surface area contributed by atoms with E-state index in [1.807, 2.05) is 0 Å². The molecule has 144 valence electrons. The van der Waals surface area contributed by atoms with E-state index in [0.717, 1.165) is 12.8 Å². The molecule has 4 nitrogen and oxygen atoms in total. The van der Waals surface area contributed by atoms with Crippen LogP contribution in [-0.2, 0) is 11.2 Å². The van der Waals surface area contributed by atoms with Gasteiger partial charge in [0.2, 0.25) is 0 Å². The number of nitrogens with one attached hydrogen (secondary N) is 1. The van der Waals surface area contributed by atoms with Crippen LogP contribution in [0.25, 0.3) is 0 Å². The number of benzene rings is 2. The van der Waals surface area contributed by atoms with E-state index in [2.05, 4.69) is 17.2 Å². The lowest BCUT2D eigenvalue weighted by Crippen LogP contribution is -2.42. The lowest BCUT2D eigenvalue weighted by Gasteiger charge is -2.15. The SMILES string of the molecule is Cc1ccc(C(=O)N[C@H](Cc2ccc(C#CC3CC3)c(F)c2)C(=O)O)c(F)c1. The van der Waals surface area contributed by atoms with Gasteiger partial charge in [-0.05, 0) is 55.2 Å². The van der Waals surface area contributed by atoms with Crippen molar-refractivity contribution in [2.24, 2.45) is 5.92 Å². The number of carboxylic acids is 1. The molecular weight excluding hydrogens is 364 g/mol. The molecule has 0 radical (unpaired) electrons. The third kappa shape index (κ3) is 4.95. The molecule has 1 aliphatic carbocycles. The van der Waals surface area contributed by atoms with E-state index in [4.69, 9.17) is 0 Å². The van der Waals surface area contributed by atoms with Crippen LogP contribution in [0.2, 0.25) is 0 Å². The van der Waals surface area contributed by atoms with Crippen LogP contribution in [-0.4, -0.2) is 23.0 Å². The van der Waals surface area contributed by atoms with Gasteiger partial charge in [0, 0.05) is 12.3 Å². The van der Waals surface area contributed by atoms with E-state index in [9.17, 15) is 23.5 Å². The summed E-state index contributed by atoms with van der Waals surface area (Å²) >= 11 is 0. The van der Waals surface area contributed by atoms with Crippen molar-refractivity contribution in [3.63, 3.8) is 0 Å². The van der Waals surface area contributed by atoms with Crippen LogP contribution in [0, 0.1) is 36.3 Å². The van der Waals surface area contributed by atoms with Crippen molar-refractivity contribution in [2.75, 3.05) is 0 Å². The molecule has 0 unspecified atom stereocenters. The number of amides is 1. The Morgan fingerprint density at radius 2 is 1.93 bits per heavy atom. The van der Waals surface area contributed by atoms with Gasteiger partial charge < -0.3 is 10.4 Å². The second kappa shape index (κ2) is 8.22. The maximum absolute atomic E-state index is 14.2. The molecule has 1 amide bonds. The number of aliphatic carboxylic acids is 1. The average Bonchev–Trinajstić information content (AvgIpc) is 3.44.